The SMILES string of the molecule is COc1cc(/C=N/NC(=O)C2CCCN2S(=O)(=O)c2ccc(Cl)cc2)cc(Cl)c1O. The number of aromatic hydroxyl groups is 1. The van der Waals surface area contributed by atoms with Gasteiger partial charge in [0.1, 0.15) is 6.04 Å². The van der Waals surface area contributed by atoms with Crippen LogP contribution in [-0.4, -0.2) is 49.6 Å². The van der Waals surface area contributed by atoms with E-state index in [1.54, 1.807) is 0 Å². The number of carbonyl (C=O) groups excluding carboxylic acids is 1. The van der Waals surface area contributed by atoms with Crippen LogP contribution in [0.25, 0.3) is 0 Å². The van der Waals surface area contributed by atoms with E-state index in [0.717, 1.165) is 0 Å². The van der Waals surface area contributed by atoms with Gasteiger partial charge in [-0.15, -0.1) is 0 Å². The number of rotatable bonds is 6. The van der Waals surface area contributed by atoms with E-state index in [2.05, 4.69) is 10.5 Å². The van der Waals surface area contributed by atoms with Crippen molar-refractivity contribution in [2.24, 2.45) is 5.10 Å². The topological polar surface area (TPSA) is 108 Å². The maximum absolute atomic E-state index is 12.9. The van der Waals surface area contributed by atoms with Crippen LogP contribution in [0, 0.1) is 0 Å². The summed E-state index contributed by atoms with van der Waals surface area (Å²) >= 11 is 11.7. The minimum absolute atomic E-state index is 0.0677. The van der Waals surface area contributed by atoms with Crippen molar-refractivity contribution in [1.82, 2.24) is 9.73 Å². The van der Waals surface area contributed by atoms with Gasteiger partial charge in [-0.2, -0.15) is 9.41 Å². The van der Waals surface area contributed by atoms with Gasteiger partial charge in [-0.1, -0.05) is 23.2 Å². The molecule has 1 amide bonds. The molecule has 11 heteroatoms. The fraction of sp³-hybridized carbons (Fsp3) is 0.263. The number of benzene rings is 2. The number of phenols is 1. The summed E-state index contributed by atoms with van der Waals surface area (Å²) < 4.78 is 32.0. The van der Waals surface area contributed by atoms with Crippen molar-refractivity contribution in [2.45, 2.75) is 23.8 Å². The third-order valence-electron chi connectivity index (χ3n) is 4.59. The predicted octanol–water partition coefficient (Wildman–Crippen LogP) is 3.01. The van der Waals surface area contributed by atoms with Crippen LogP contribution in [-0.2, 0) is 14.8 Å². The van der Waals surface area contributed by atoms with Gasteiger partial charge in [0.15, 0.2) is 11.5 Å². The number of carbonyl (C=O) groups is 1. The number of hydrazone groups is 1. The van der Waals surface area contributed by atoms with E-state index in [4.69, 9.17) is 27.9 Å². The molecule has 0 saturated carbocycles. The zero-order chi connectivity index (χ0) is 21.9. The standard InChI is InChI=1S/C19H19Cl2N3O5S/c1-29-17-10-12(9-15(21)18(17)25)11-22-23-19(26)16-3-2-8-24(16)30(27,28)14-6-4-13(20)5-7-14/h4-7,9-11,16,25H,2-3,8H2,1H3,(H,23,26)/b22-11+. The number of halogens is 2. The largest absolute Gasteiger partial charge is 0.503 e. The Bertz CT molecular complexity index is 1070. The molecule has 1 fully saturated rings. The third-order valence-corrected chi connectivity index (χ3v) is 7.05. The normalized spacial score (nSPS) is 17.4. The van der Waals surface area contributed by atoms with Gasteiger partial charge in [0, 0.05) is 11.6 Å². The van der Waals surface area contributed by atoms with Gasteiger partial charge >= 0.3 is 0 Å². The Hall–Kier alpha value is -2.33. The van der Waals surface area contributed by atoms with Gasteiger partial charge in [0.2, 0.25) is 10.0 Å². The summed E-state index contributed by atoms with van der Waals surface area (Å²) in [4.78, 5) is 12.6. The molecular weight excluding hydrogens is 453 g/mol. The summed E-state index contributed by atoms with van der Waals surface area (Å²) in [6.45, 7) is 0.234. The number of nitrogens with zero attached hydrogens (tertiary/aromatic N) is 2. The molecule has 1 aliphatic rings. The molecule has 1 atom stereocenters. The molecule has 8 nitrogen and oxygen atoms in total. The number of nitrogens with one attached hydrogen (secondary N) is 1. The maximum atomic E-state index is 12.9. The lowest BCUT2D eigenvalue weighted by Gasteiger charge is -2.22. The van der Waals surface area contributed by atoms with Crippen molar-refractivity contribution >= 4 is 45.3 Å². The smallest absolute Gasteiger partial charge is 0.258 e. The van der Waals surface area contributed by atoms with Crippen LogP contribution in [0.2, 0.25) is 10.0 Å². The Morgan fingerprint density at radius 2 is 2.00 bits per heavy atom. The van der Waals surface area contributed by atoms with Gasteiger partial charge in [0.05, 0.1) is 23.2 Å². The predicted molar refractivity (Wildman–Crippen MR) is 114 cm³/mol. The summed E-state index contributed by atoms with van der Waals surface area (Å²) in [6, 6.07) is 7.85. The maximum Gasteiger partial charge on any atom is 0.258 e. The quantitative estimate of drug-likeness (QED) is 0.497. The number of sulfonamides is 1. The molecule has 0 spiro atoms. The molecule has 0 aromatic heterocycles. The number of hydrogen-bond acceptors (Lipinski definition) is 6. The van der Waals surface area contributed by atoms with E-state index >= 15 is 0 Å². The fourth-order valence-corrected chi connectivity index (χ4v) is 5.10. The van der Waals surface area contributed by atoms with E-state index in [1.165, 1.54) is 54.0 Å². The van der Waals surface area contributed by atoms with Crippen molar-refractivity contribution in [2.75, 3.05) is 13.7 Å². The van der Waals surface area contributed by atoms with Crippen LogP contribution < -0.4 is 10.2 Å². The summed E-state index contributed by atoms with van der Waals surface area (Å²) in [6.07, 6.45) is 2.26. The van der Waals surface area contributed by atoms with Crippen molar-refractivity contribution < 1.29 is 23.1 Å². The molecule has 3 rings (SSSR count). The Morgan fingerprint density at radius 3 is 2.67 bits per heavy atom. The average Bonchev–Trinajstić information content (AvgIpc) is 3.21. The first-order valence-electron chi connectivity index (χ1n) is 8.91. The summed E-state index contributed by atoms with van der Waals surface area (Å²) in [5.41, 5.74) is 2.84. The van der Waals surface area contributed by atoms with Crippen molar-refractivity contribution in [3.63, 3.8) is 0 Å². The van der Waals surface area contributed by atoms with Gasteiger partial charge in [-0.25, -0.2) is 13.8 Å². The molecule has 0 radical (unpaired) electrons. The zero-order valence-electron chi connectivity index (χ0n) is 15.9. The molecule has 30 heavy (non-hydrogen) atoms. The highest BCUT2D eigenvalue weighted by molar-refractivity contribution is 7.89. The monoisotopic (exact) mass is 471 g/mol. The molecule has 1 saturated heterocycles. The number of phenolic OH excluding ortho intramolecular Hbond substituents is 1. The molecule has 1 heterocycles. The van der Waals surface area contributed by atoms with Crippen molar-refractivity contribution in [1.29, 1.82) is 0 Å². The summed E-state index contributed by atoms with van der Waals surface area (Å²) in [5, 5.41) is 14.1. The van der Waals surface area contributed by atoms with Gasteiger partial charge in [0.25, 0.3) is 5.91 Å². The lowest BCUT2D eigenvalue weighted by molar-refractivity contribution is -0.124. The minimum atomic E-state index is -3.85. The molecule has 0 aliphatic carbocycles. The first kappa shape index (κ1) is 22.4. The fourth-order valence-electron chi connectivity index (χ4n) is 3.10. The van der Waals surface area contributed by atoms with E-state index in [-0.39, 0.29) is 28.0 Å². The second-order valence-electron chi connectivity index (χ2n) is 6.52. The van der Waals surface area contributed by atoms with Gasteiger partial charge < -0.3 is 9.84 Å². The Morgan fingerprint density at radius 1 is 1.30 bits per heavy atom. The van der Waals surface area contributed by atoms with Crippen molar-refractivity contribution in [3.8, 4) is 11.5 Å². The molecule has 2 aromatic rings. The van der Waals surface area contributed by atoms with E-state index in [1.807, 2.05) is 0 Å². The molecule has 160 valence electrons. The zero-order valence-corrected chi connectivity index (χ0v) is 18.2. The van der Waals surface area contributed by atoms with Crippen LogP contribution in [0.3, 0.4) is 0 Å². The second-order valence-corrected chi connectivity index (χ2v) is 9.25. The number of amides is 1. The highest BCUT2D eigenvalue weighted by Crippen LogP contribution is 2.34. The van der Waals surface area contributed by atoms with E-state index in [9.17, 15) is 18.3 Å². The van der Waals surface area contributed by atoms with E-state index < -0.39 is 22.0 Å². The van der Waals surface area contributed by atoms with Crippen LogP contribution in [0.4, 0.5) is 0 Å². The Kier molecular flexibility index (Phi) is 6.87. The van der Waals surface area contributed by atoms with Crippen LogP contribution in [0.1, 0.15) is 18.4 Å². The Labute approximate surface area is 184 Å². The lowest BCUT2D eigenvalue weighted by Crippen LogP contribution is -2.44. The molecule has 1 aliphatic heterocycles. The lowest BCUT2D eigenvalue weighted by atomic mass is 10.2. The first-order chi connectivity index (χ1) is 14.2. The van der Waals surface area contributed by atoms with Gasteiger partial charge in [-0.05, 0) is 54.8 Å². The molecule has 0 bridgehead atoms. The van der Waals surface area contributed by atoms with Crippen LogP contribution in [0.5, 0.6) is 11.5 Å². The molecular formula is C19H19Cl2N3O5S. The average molecular weight is 472 g/mol. The van der Waals surface area contributed by atoms with Gasteiger partial charge in [-0.3, -0.25) is 4.79 Å². The highest BCUT2D eigenvalue weighted by atomic mass is 35.5. The van der Waals surface area contributed by atoms with Crippen LogP contribution >= 0.6 is 23.2 Å². The molecule has 2 aromatic carbocycles. The highest BCUT2D eigenvalue weighted by Gasteiger charge is 2.39. The summed E-state index contributed by atoms with van der Waals surface area (Å²) in [5.74, 6) is -0.584. The minimum Gasteiger partial charge on any atom is -0.503 e. The number of ether oxygens (including phenoxy) is 1. The Balaban J connectivity index is 1.73. The first-order valence-corrected chi connectivity index (χ1v) is 11.1. The summed E-state index contributed by atoms with van der Waals surface area (Å²) in [7, 11) is -2.47. The van der Waals surface area contributed by atoms with Crippen molar-refractivity contribution in [3.05, 3.63) is 52.0 Å². The van der Waals surface area contributed by atoms with Crippen LogP contribution in [0.15, 0.2) is 46.4 Å². The van der Waals surface area contributed by atoms with E-state index in [0.29, 0.717) is 23.4 Å². The number of methoxy groups -OCH3 is 1. The molecule has 2 N–H and O–H groups in total. The molecule has 1 unspecified atom stereocenters. The number of hydrogen-bond donors (Lipinski definition) is 2. The second kappa shape index (κ2) is 9.22. The third kappa shape index (κ3) is 4.70.